The first kappa shape index (κ1) is 21.7. The van der Waals surface area contributed by atoms with Gasteiger partial charge in [0.15, 0.2) is 15.8 Å². The smallest absolute Gasteiger partial charge is 0.191 e. The molecule has 0 bridgehead atoms. The minimum Gasteiger partial charge on any atom is -0.356 e. The van der Waals surface area contributed by atoms with Crippen molar-refractivity contribution < 1.29 is 8.42 Å². The zero-order valence-electron chi connectivity index (χ0n) is 14.2. The summed E-state index contributed by atoms with van der Waals surface area (Å²) in [5.41, 5.74) is 0. The molecule has 9 heteroatoms. The van der Waals surface area contributed by atoms with Crippen molar-refractivity contribution in [1.29, 1.82) is 0 Å². The van der Waals surface area contributed by atoms with Gasteiger partial charge in [0.2, 0.25) is 0 Å². The lowest BCUT2D eigenvalue weighted by molar-refractivity contribution is 0.299. The van der Waals surface area contributed by atoms with Crippen LogP contribution < -0.4 is 10.6 Å². The Kier molecular flexibility index (Phi) is 9.53. The maximum Gasteiger partial charge on any atom is 0.191 e. The summed E-state index contributed by atoms with van der Waals surface area (Å²) in [5.74, 6) is 1.79. The molecule has 2 rings (SSSR count). The molecule has 6 nitrogen and oxygen atoms in total. The fourth-order valence-electron chi connectivity index (χ4n) is 2.45. The van der Waals surface area contributed by atoms with E-state index in [2.05, 4.69) is 45.0 Å². The van der Waals surface area contributed by atoms with E-state index in [4.69, 9.17) is 0 Å². The standard InChI is InChI=1S/C15H26N4O2S2.HI/c1-13(14-4-3-9-22-14)12-18-15(16-2)17-5-6-19-7-10-23(20,21)11-8-19;/h3-4,9,13H,5-8,10-12H2,1-2H3,(H2,16,17,18);1H. The Morgan fingerprint density at radius 1 is 1.38 bits per heavy atom. The molecule has 1 aliphatic rings. The third kappa shape index (κ3) is 7.24. The number of aliphatic imine (C=N–C) groups is 1. The molecule has 0 spiro atoms. The molecule has 24 heavy (non-hydrogen) atoms. The average molecular weight is 486 g/mol. The monoisotopic (exact) mass is 486 g/mol. The molecule has 1 aromatic rings. The van der Waals surface area contributed by atoms with E-state index in [0.717, 1.165) is 25.6 Å². The van der Waals surface area contributed by atoms with Gasteiger partial charge in [-0.25, -0.2) is 8.42 Å². The molecule has 0 radical (unpaired) electrons. The molecular weight excluding hydrogens is 459 g/mol. The van der Waals surface area contributed by atoms with Crippen LogP contribution in [0, 0.1) is 0 Å². The van der Waals surface area contributed by atoms with Crippen LogP contribution in [0.5, 0.6) is 0 Å². The molecule has 1 saturated heterocycles. The van der Waals surface area contributed by atoms with E-state index in [-0.39, 0.29) is 35.5 Å². The summed E-state index contributed by atoms with van der Waals surface area (Å²) >= 11 is 1.77. The first-order chi connectivity index (χ1) is 11.0. The average Bonchev–Trinajstić information content (AvgIpc) is 3.06. The van der Waals surface area contributed by atoms with Gasteiger partial charge in [0, 0.05) is 50.6 Å². The molecule has 138 valence electrons. The second kappa shape index (κ2) is 10.6. The number of sulfone groups is 1. The normalized spacial score (nSPS) is 19.3. The van der Waals surface area contributed by atoms with E-state index in [1.165, 1.54) is 4.88 Å². The number of hydrogen-bond donors (Lipinski definition) is 2. The Balaban J connectivity index is 0.00000288. The molecule has 1 aliphatic heterocycles. The zero-order chi connectivity index (χ0) is 16.7. The van der Waals surface area contributed by atoms with Crippen molar-refractivity contribution in [2.45, 2.75) is 12.8 Å². The van der Waals surface area contributed by atoms with Gasteiger partial charge in [0.1, 0.15) is 0 Å². The largest absolute Gasteiger partial charge is 0.356 e. The van der Waals surface area contributed by atoms with Gasteiger partial charge < -0.3 is 10.6 Å². The third-order valence-corrected chi connectivity index (χ3v) is 6.70. The molecule has 2 heterocycles. The number of halogens is 1. The van der Waals surface area contributed by atoms with Crippen LogP contribution in [0.25, 0.3) is 0 Å². The molecule has 1 aromatic heterocycles. The van der Waals surface area contributed by atoms with Crippen molar-refractivity contribution in [2.75, 3.05) is 51.3 Å². The van der Waals surface area contributed by atoms with Crippen molar-refractivity contribution >= 4 is 51.1 Å². The number of thiophene rings is 1. The van der Waals surface area contributed by atoms with Crippen LogP contribution in [-0.4, -0.2) is 70.6 Å². The van der Waals surface area contributed by atoms with Crippen LogP contribution in [0.2, 0.25) is 0 Å². The molecular formula is C15H27IN4O2S2. The molecule has 2 N–H and O–H groups in total. The van der Waals surface area contributed by atoms with Crippen molar-refractivity contribution in [2.24, 2.45) is 4.99 Å². The van der Waals surface area contributed by atoms with Gasteiger partial charge >= 0.3 is 0 Å². The Morgan fingerprint density at radius 2 is 2.08 bits per heavy atom. The van der Waals surface area contributed by atoms with E-state index in [1.54, 1.807) is 18.4 Å². The highest BCUT2D eigenvalue weighted by molar-refractivity contribution is 14.0. The Labute approximate surface area is 166 Å². The van der Waals surface area contributed by atoms with Crippen LogP contribution in [0.15, 0.2) is 22.5 Å². The Hall–Kier alpha value is -0.390. The number of rotatable bonds is 6. The van der Waals surface area contributed by atoms with E-state index in [1.807, 2.05) is 0 Å². The highest BCUT2D eigenvalue weighted by Gasteiger charge is 2.20. The molecule has 1 atom stereocenters. The van der Waals surface area contributed by atoms with Gasteiger partial charge in [-0.05, 0) is 11.4 Å². The van der Waals surface area contributed by atoms with Gasteiger partial charge in [-0.3, -0.25) is 9.89 Å². The second-order valence-electron chi connectivity index (χ2n) is 5.79. The maximum atomic E-state index is 11.4. The lowest BCUT2D eigenvalue weighted by Crippen LogP contribution is -2.46. The van der Waals surface area contributed by atoms with E-state index in [0.29, 0.717) is 19.0 Å². The lowest BCUT2D eigenvalue weighted by Gasteiger charge is -2.26. The number of nitrogens with one attached hydrogen (secondary N) is 2. The molecule has 0 aliphatic carbocycles. The summed E-state index contributed by atoms with van der Waals surface area (Å²) in [7, 11) is -1.04. The van der Waals surface area contributed by atoms with E-state index >= 15 is 0 Å². The van der Waals surface area contributed by atoms with Crippen LogP contribution in [-0.2, 0) is 9.84 Å². The highest BCUT2D eigenvalue weighted by atomic mass is 127. The topological polar surface area (TPSA) is 73.8 Å². The van der Waals surface area contributed by atoms with E-state index in [9.17, 15) is 8.42 Å². The van der Waals surface area contributed by atoms with Crippen LogP contribution >= 0.6 is 35.3 Å². The van der Waals surface area contributed by atoms with Gasteiger partial charge in [-0.1, -0.05) is 13.0 Å². The number of nitrogens with zero attached hydrogens (tertiary/aromatic N) is 2. The Morgan fingerprint density at radius 3 is 2.67 bits per heavy atom. The fourth-order valence-corrected chi connectivity index (χ4v) is 4.51. The quantitative estimate of drug-likeness (QED) is 0.361. The SMILES string of the molecule is CN=C(NCCN1CCS(=O)(=O)CC1)NCC(C)c1cccs1.I. The molecule has 0 saturated carbocycles. The highest BCUT2D eigenvalue weighted by Crippen LogP contribution is 2.19. The number of hydrogen-bond acceptors (Lipinski definition) is 5. The minimum atomic E-state index is -2.80. The molecule has 0 amide bonds. The molecule has 1 fully saturated rings. The summed E-state index contributed by atoms with van der Waals surface area (Å²) in [4.78, 5) is 7.77. The van der Waals surface area contributed by atoms with Gasteiger partial charge in [-0.15, -0.1) is 35.3 Å². The molecule has 1 unspecified atom stereocenters. The first-order valence-corrected chi connectivity index (χ1v) is 10.6. The fraction of sp³-hybridized carbons (Fsp3) is 0.667. The van der Waals surface area contributed by atoms with Crippen LogP contribution in [0.1, 0.15) is 17.7 Å². The summed E-state index contributed by atoms with van der Waals surface area (Å²) in [6, 6.07) is 4.22. The Bertz CT molecular complexity index is 591. The van der Waals surface area contributed by atoms with E-state index < -0.39 is 9.84 Å². The lowest BCUT2D eigenvalue weighted by atomic mass is 10.1. The van der Waals surface area contributed by atoms with Crippen LogP contribution in [0.3, 0.4) is 0 Å². The second-order valence-corrected chi connectivity index (χ2v) is 9.07. The minimum absolute atomic E-state index is 0. The summed E-state index contributed by atoms with van der Waals surface area (Å²) < 4.78 is 22.8. The molecule has 0 aromatic carbocycles. The van der Waals surface area contributed by atoms with Gasteiger partial charge in [-0.2, -0.15) is 0 Å². The van der Waals surface area contributed by atoms with Gasteiger partial charge in [0.05, 0.1) is 11.5 Å². The summed E-state index contributed by atoms with van der Waals surface area (Å²) in [5, 5.41) is 8.72. The van der Waals surface area contributed by atoms with Crippen molar-refractivity contribution in [3.63, 3.8) is 0 Å². The van der Waals surface area contributed by atoms with Crippen LogP contribution in [0.4, 0.5) is 0 Å². The summed E-state index contributed by atoms with van der Waals surface area (Å²) in [6.07, 6.45) is 0. The number of guanidine groups is 1. The maximum absolute atomic E-state index is 11.4. The third-order valence-electron chi connectivity index (χ3n) is 3.99. The van der Waals surface area contributed by atoms with Gasteiger partial charge in [0.25, 0.3) is 0 Å². The van der Waals surface area contributed by atoms with Crippen molar-refractivity contribution in [3.05, 3.63) is 22.4 Å². The predicted molar refractivity (Wildman–Crippen MR) is 113 cm³/mol. The van der Waals surface area contributed by atoms with Crippen molar-refractivity contribution in [1.82, 2.24) is 15.5 Å². The zero-order valence-corrected chi connectivity index (χ0v) is 18.2. The predicted octanol–water partition coefficient (Wildman–Crippen LogP) is 1.37. The first-order valence-electron chi connectivity index (χ1n) is 7.91. The summed E-state index contributed by atoms with van der Waals surface area (Å²) in [6.45, 7) is 5.88. The van der Waals surface area contributed by atoms with Crippen molar-refractivity contribution in [3.8, 4) is 0 Å².